The van der Waals surface area contributed by atoms with Crippen molar-refractivity contribution in [3.8, 4) is 0 Å². The van der Waals surface area contributed by atoms with Crippen LogP contribution in [0.15, 0.2) is 0 Å². The van der Waals surface area contributed by atoms with E-state index in [0.29, 0.717) is 6.54 Å². The fourth-order valence-electron chi connectivity index (χ4n) is 2.12. The minimum Gasteiger partial charge on any atom is -0.480 e. The van der Waals surface area contributed by atoms with Gasteiger partial charge >= 0.3 is 12.0 Å². The normalized spacial score (nSPS) is 23.1. The van der Waals surface area contributed by atoms with Gasteiger partial charge in [0.15, 0.2) is 0 Å². The maximum Gasteiger partial charge on any atom is 0.326 e. The summed E-state index contributed by atoms with van der Waals surface area (Å²) in [5.74, 6) is -1.06. The van der Waals surface area contributed by atoms with Crippen molar-refractivity contribution >= 4 is 12.0 Å². The molecular formula is C12H22N2O4. The summed E-state index contributed by atoms with van der Waals surface area (Å²) in [6.07, 6.45) is 3.59. The summed E-state index contributed by atoms with van der Waals surface area (Å²) in [4.78, 5) is 23.9. The maximum atomic E-state index is 11.8. The van der Waals surface area contributed by atoms with Crippen molar-refractivity contribution in [3.05, 3.63) is 0 Å². The molecule has 0 spiro atoms. The van der Waals surface area contributed by atoms with E-state index >= 15 is 0 Å². The van der Waals surface area contributed by atoms with Gasteiger partial charge in [-0.15, -0.1) is 0 Å². The number of hydrogen-bond acceptors (Lipinski definition) is 3. The van der Waals surface area contributed by atoms with Crippen molar-refractivity contribution in [3.63, 3.8) is 0 Å². The highest BCUT2D eigenvalue weighted by Crippen LogP contribution is 2.18. The van der Waals surface area contributed by atoms with E-state index in [2.05, 4.69) is 12.2 Å². The van der Waals surface area contributed by atoms with Crippen LogP contribution in [0.3, 0.4) is 0 Å². The number of unbranched alkanes of at least 4 members (excludes halogenated alkanes) is 3. The number of nitrogens with one attached hydrogen (secondary N) is 1. The van der Waals surface area contributed by atoms with Crippen molar-refractivity contribution < 1.29 is 19.8 Å². The lowest BCUT2D eigenvalue weighted by atomic mass is 10.2. The van der Waals surface area contributed by atoms with Gasteiger partial charge in [0.1, 0.15) is 6.04 Å². The highest BCUT2D eigenvalue weighted by Gasteiger charge is 2.38. The number of carboxylic acids is 1. The number of carbonyl (C=O) groups is 2. The van der Waals surface area contributed by atoms with Crippen LogP contribution in [0.25, 0.3) is 0 Å². The molecule has 104 valence electrons. The van der Waals surface area contributed by atoms with Crippen LogP contribution in [-0.4, -0.2) is 52.3 Å². The van der Waals surface area contributed by atoms with E-state index in [-0.39, 0.29) is 13.0 Å². The predicted octanol–water partition coefficient (Wildman–Crippen LogP) is 0.796. The summed E-state index contributed by atoms with van der Waals surface area (Å²) < 4.78 is 0. The summed E-state index contributed by atoms with van der Waals surface area (Å²) in [5, 5.41) is 21.1. The molecule has 1 fully saturated rings. The third-order valence-electron chi connectivity index (χ3n) is 3.13. The first kappa shape index (κ1) is 14.8. The number of carbonyl (C=O) groups excluding carboxylic acids is 1. The Bertz CT molecular complexity index is 296. The Morgan fingerprint density at radius 3 is 2.67 bits per heavy atom. The van der Waals surface area contributed by atoms with Crippen LogP contribution in [0.5, 0.6) is 0 Å². The second-order valence-electron chi connectivity index (χ2n) is 4.69. The Hall–Kier alpha value is -1.30. The zero-order valence-corrected chi connectivity index (χ0v) is 10.8. The summed E-state index contributed by atoms with van der Waals surface area (Å²) >= 11 is 0. The van der Waals surface area contributed by atoms with Crippen LogP contribution in [0.4, 0.5) is 4.79 Å². The lowest BCUT2D eigenvalue weighted by molar-refractivity contribution is -0.141. The molecule has 0 bridgehead atoms. The molecule has 2 amide bonds. The largest absolute Gasteiger partial charge is 0.480 e. The van der Waals surface area contributed by atoms with E-state index in [9.17, 15) is 14.7 Å². The zero-order chi connectivity index (χ0) is 13.5. The van der Waals surface area contributed by atoms with Gasteiger partial charge < -0.3 is 20.4 Å². The van der Waals surface area contributed by atoms with E-state index in [0.717, 1.165) is 25.7 Å². The molecule has 1 heterocycles. The Morgan fingerprint density at radius 1 is 1.33 bits per heavy atom. The molecule has 18 heavy (non-hydrogen) atoms. The summed E-state index contributed by atoms with van der Waals surface area (Å²) in [5.41, 5.74) is 0. The first-order valence-corrected chi connectivity index (χ1v) is 6.51. The first-order valence-electron chi connectivity index (χ1n) is 6.51. The van der Waals surface area contributed by atoms with Crippen LogP contribution in [0.2, 0.25) is 0 Å². The Balaban J connectivity index is 2.33. The molecule has 1 rings (SSSR count). The molecule has 3 N–H and O–H groups in total. The number of carboxylic acid groups (broad SMARTS) is 1. The van der Waals surface area contributed by atoms with Gasteiger partial charge in [-0.3, -0.25) is 0 Å². The van der Waals surface area contributed by atoms with Crippen molar-refractivity contribution in [2.24, 2.45) is 0 Å². The van der Waals surface area contributed by atoms with Gasteiger partial charge in [0, 0.05) is 19.5 Å². The fourth-order valence-corrected chi connectivity index (χ4v) is 2.12. The molecule has 1 unspecified atom stereocenters. The second kappa shape index (κ2) is 7.20. The number of hydrogen-bond donors (Lipinski definition) is 3. The van der Waals surface area contributed by atoms with Gasteiger partial charge in [0.05, 0.1) is 6.10 Å². The van der Waals surface area contributed by atoms with Crippen LogP contribution < -0.4 is 5.32 Å². The standard InChI is InChI=1S/C12H22N2O4/c1-2-3-4-5-6-13-12(18)14-8-9(15)7-10(14)11(16)17/h9-10,15H,2-8H2,1H3,(H,13,18)(H,16,17)/t9?,10-/m0/s1. The van der Waals surface area contributed by atoms with Gasteiger partial charge in [-0.1, -0.05) is 26.2 Å². The summed E-state index contributed by atoms with van der Waals surface area (Å²) in [6.45, 7) is 2.76. The monoisotopic (exact) mass is 258 g/mol. The molecule has 0 saturated carbocycles. The lowest BCUT2D eigenvalue weighted by Gasteiger charge is -2.21. The molecule has 0 aromatic heterocycles. The van der Waals surface area contributed by atoms with Crippen molar-refractivity contribution in [1.82, 2.24) is 10.2 Å². The Morgan fingerprint density at radius 2 is 2.06 bits per heavy atom. The Labute approximate surface area is 107 Å². The van der Waals surface area contributed by atoms with Crippen molar-refractivity contribution in [2.75, 3.05) is 13.1 Å². The van der Waals surface area contributed by atoms with Gasteiger partial charge in [-0.2, -0.15) is 0 Å². The highest BCUT2D eigenvalue weighted by molar-refractivity contribution is 5.83. The molecule has 1 aliphatic heterocycles. The number of aliphatic carboxylic acids is 1. The van der Waals surface area contributed by atoms with Gasteiger partial charge in [-0.05, 0) is 6.42 Å². The van der Waals surface area contributed by atoms with Gasteiger partial charge in [-0.25, -0.2) is 9.59 Å². The lowest BCUT2D eigenvalue weighted by Crippen LogP contribution is -2.46. The molecular weight excluding hydrogens is 236 g/mol. The Kier molecular flexibility index (Phi) is 5.91. The molecule has 0 aromatic carbocycles. The number of nitrogens with zero attached hydrogens (tertiary/aromatic N) is 1. The van der Waals surface area contributed by atoms with Crippen molar-refractivity contribution in [2.45, 2.75) is 51.2 Å². The maximum absolute atomic E-state index is 11.8. The first-order chi connectivity index (χ1) is 8.56. The number of rotatable bonds is 6. The average Bonchev–Trinajstić information content (AvgIpc) is 2.71. The molecule has 6 nitrogen and oxygen atoms in total. The smallest absolute Gasteiger partial charge is 0.326 e. The van der Waals surface area contributed by atoms with Crippen LogP contribution in [0.1, 0.15) is 39.0 Å². The predicted molar refractivity (Wildman–Crippen MR) is 66.3 cm³/mol. The number of likely N-dealkylation sites (tertiary alicyclic amines) is 1. The number of aliphatic hydroxyl groups is 1. The van der Waals surface area contributed by atoms with E-state index in [1.165, 1.54) is 4.90 Å². The number of urea groups is 1. The number of β-amino-alcohol motifs (C(OH)–C–C–N with tert-alkyl or cyclic N) is 1. The number of aliphatic hydroxyl groups excluding tert-OH is 1. The molecule has 1 aliphatic rings. The highest BCUT2D eigenvalue weighted by atomic mass is 16.4. The molecule has 0 aromatic rings. The molecule has 0 aliphatic carbocycles. The van der Waals surface area contributed by atoms with Crippen LogP contribution in [-0.2, 0) is 4.79 Å². The van der Waals surface area contributed by atoms with E-state index < -0.39 is 24.1 Å². The van der Waals surface area contributed by atoms with Crippen molar-refractivity contribution in [1.29, 1.82) is 0 Å². The molecule has 2 atom stereocenters. The summed E-state index contributed by atoms with van der Waals surface area (Å²) in [7, 11) is 0. The van der Waals surface area contributed by atoms with E-state index in [1.54, 1.807) is 0 Å². The average molecular weight is 258 g/mol. The molecule has 0 radical (unpaired) electrons. The quantitative estimate of drug-likeness (QED) is 0.615. The van der Waals surface area contributed by atoms with E-state index in [4.69, 9.17) is 5.11 Å². The third kappa shape index (κ3) is 4.18. The SMILES string of the molecule is CCCCCCNC(=O)N1CC(O)C[C@H]1C(=O)O. The third-order valence-corrected chi connectivity index (χ3v) is 3.13. The number of amides is 2. The second-order valence-corrected chi connectivity index (χ2v) is 4.69. The van der Waals surface area contributed by atoms with Crippen LogP contribution in [0, 0.1) is 0 Å². The zero-order valence-electron chi connectivity index (χ0n) is 10.8. The van der Waals surface area contributed by atoms with Crippen LogP contribution >= 0.6 is 0 Å². The molecule has 6 heteroatoms. The van der Waals surface area contributed by atoms with Gasteiger partial charge in [0.2, 0.25) is 0 Å². The topological polar surface area (TPSA) is 89.9 Å². The minimum atomic E-state index is -1.06. The van der Waals surface area contributed by atoms with Gasteiger partial charge in [0.25, 0.3) is 0 Å². The van der Waals surface area contributed by atoms with E-state index in [1.807, 2.05) is 0 Å². The summed E-state index contributed by atoms with van der Waals surface area (Å²) in [6, 6.07) is -1.30. The fraction of sp³-hybridized carbons (Fsp3) is 0.833. The molecule has 1 saturated heterocycles. The minimum absolute atomic E-state index is 0.0950.